The number of fused-ring (bicyclic) bond motifs is 3. The Labute approximate surface area is 99.8 Å². The van der Waals surface area contributed by atoms with Crippen LogP contribution in [0.5, 0.6) is 5.75 Å². The molecule has 4 heteroatoms. The molecule has 0 bridgehead atoms. The quantitative estimate of drug-likeness (QED) is 0.844. The van der Waals surface area contributed by atoms with Crippen molar-refractivity contribution in [2.45, 2.75) is 31.3 Å². The fraction of sp³-hybridized carbons (Fsp3) is 0.462. The number of anilines is 1. The van der Waals surface area contributed by atoms with E-state index in [1.54, 1.807) is 7.11 Å². The average molecular weight is 233 g/mol. The van der Waals surface area contributed by atoms with E-state index in [1.165, 1.54) is 5.56 Å². The maximum atomic E-state index is 11.2. The van der Waals surface area contributed by atoms with E-state index < -0.39 is 5.97 Å². The number of rotatable bonds is 2. The molecule has 2 aliphatic heterocycles. The Morgan fingerprint density at radius 1 is 1.47 bits per heavy atom. The van der Waals surface area contributed by atoms with Gasteiger partial charge in [0.2, 0.25) is 0 Å². The Morgan fingerprint density at radius 2 is 2.29 bits per heavy atom. The fourth-order valence-corrected chi connectivity index (χ4v) is 3.03. The molecule has 0 aromatic heterocycles. The molecule has 1 fully saturated rings. The highest BCUT2D eigenvalue weighted by Crippen LogP contribution is 2.42. The van der Waals surface area contributed by atoms with Crippen molar-refractivity contribution in [1.29, 1.82) is 0 Å². The lowest BCUT2D eigenvalue weighted by Crippen LogP contribution is -2.38. The second-order valence-corrected chi connectivity index (χ2v) is 4.69. The predicted octanol–water partition coefficient (Wildman–Crippen LogP) is 1.67. The first kappa shape index (κ1) is 10.4. The predicted molar refractivity (Wildman–Crippen MR) is 63.6 cm³/mol. The van der Waals surface area contributed by atoms with Crippen molar-refractivity contribution in [1.82, 2.24) is 0 Å². The second kappa shape index (κ2) is 3.65. The molecule has 2 atom stereocenters. The van der Waals surface area contributed by atoms with Crippen LogP contribution in [0.15, 0.2) is 18.2 Å². The Bertz CT molecular complexity index is 472. The van der Waals surface area contributed by atoms with Crippen molar-refractivity contribution in [2.75, 3.05) is 12.0 Å². The van der Waals surface area contributed by atoms with Crippen LogP contribution < -0.4 is 9.64 Å². The van der Waals surface area contributed by atoms with E-state index in [-0.39, 0.29) is 6.04 Å². The molecule has 2 unspecified atom stereocenters. The van der Waals surface area contributed by atoms with Gasteiger partial charge in [0.25, 0.3) is 0 Å². The molecule has 1 aromatic rings. The first-order valence-electron chi connectivity index (χ1n) is 5.89. The Kier molecular flexibility index (Phi) is 2.24. The molecule has 90 valence electrons. The maximum absolute atomic E-state index is 11.2. The van der Waals surface area contributed by atoms with E-state index in [1.807, 2.05) is 18.2 Å². The summed E-state index contributed by atoms with van der Waals surface area (Å²) in [7, 11) is 1.63. The summed E-state index contributed by atoms with van der Waals surface area (Å²) in [6, 6.07) is 5.94. The summed E-state index contributed by atoms with van der Waals surface area (Å²) in [6.07, 6.45) is 2.67. The molecule has 0 spiro atoms. The number of ether oxygens (including phenoxy) is 1. The summed E-state index contributed by atoms with van der Waals surface area (Å²) in [5.41, 5.74) is 2.28. The zero-order valence-electron chi connectivity index (χ0n) is 9.72. The SMILES string of the molecule is COc1ccc2c(c1)N1C(CCC1C(=O)O)C2. The van der Waals surface area contributed by atoms with Gasteiger partial charge in [-0.1, -0.05) is 6.07 Å². The van der Waals surface area contributed by atoms with Crippen LogP contribution in [0.25, 0.3) is 0 Å². The standard InChI is InChI=1S/C13H15NO3/c1-17-10-4-2-8-6-9-3-5-11(13(15)16)14(9)12(8)7-10/h2,4,7,9,11H,3,5-6H2,1H3,(H,15,16). The fourth-order valence-electron chi connectivity index (χ4n) is 3.03. The monoisotopic (exact) mass is 233 g/mol. The lowest BCUT2D eigenvalue weighted by atomic mass is 10.1. The van der Waals surface area contributed by atoms with Crippen LogP contribution in [-0.2, 0) is 11.2 Å². The van der Waals surface area contributed by atoms with Gasteiger partial charge in [0.1, 0.15) is 11.8 Å². The van der Waals surface area contributed by atoms with Gasteiger partial charge in [-0.05, 0) is 30.9 Å². The molecular formula is C13H15NO3. The van der Waals surface area contributed by atoms with Crippen molar-refractivity contribution in [3.05, 3.63) is 23.8 Å². The maximum Gasteiger partial charge on any atom is 0.326 e. The molecule has 1 N–H and O–H groups in total. The normalized spacial score (nSPS) is 25.6. The van der Waals surface area contributed by atoms with Gasteiger partial charge in [-0.15, -0.1) is 0 Å². The van der Waals surface area contributed by atoms with Gasteiger partial charge in [-0.3, -0.25) is 0 Å². The third-order valence-corrected chi connectivity index (χ3v) is 3.81. The number of carbonyl (C=O) groups is 1. The Balaban J connectivity index is 2.02. The molecule has 2 aliphatic rings. The van der Waals surface area contributed by atoms with Crippen molar-refractivity contribution in [3.63, 3.8) is 0 Å². The highest BCUT2D eigenvalue weighted by Gasteiger charge is 2.42. The number of benzene rings is 1. The minimum atomic E-state index is -0.719. The van der Waals surface area contributed by atoms with Crippen molar-refractivity contribution < 1.29 is 14.6 Å². The van der Waals surface area contributed by atoms with Crippen molar-refractivity contribution in [2.24, 2.45) is 0 Å². The van der Waals surface area contributed by atoms with Crippen LogP contribution in [0.3, 0.4) is 0 Å². The summed E-state index contributed by atoms with van der Waals surface area (Å²) in [5, 5.41) is 9.24. The van der Waals surface area contributed by atoms with Crippen LogP contribution in [0.4, 0.5) is 5.69 Å². The molecule has 0 saturated carbocycles. The Morgan fingerprint density at radius 3 is 3.00 bits per heavy atom. The topological polar surface area (TPSA) is 49.8 Å². The van der Waals surface area contributed by atoms with E-state index in [4.69, 9.17) is 4.74 Å². The lowest BCUT2D eigenvalue weighted by Gasteiger charge is -2.24. The van der Waals surface area contributed by atoms with Gasteiger partial charge in [0, 0.05) is 17.8 Å². The number of carboxylic acids is 1. The number of carboxylic acid groups (broad SMARTS) is 1. The molecule has 17 heavy (non-hydrogen) atoms. The second-order valence-electron chi connectivity index (χ2n) is 4.69. The highest BCUT2D eigenvalue weighted by molar-refractivity contribution is 5.81. The van der Waals surface area contributed by atoms with Gasteiger partial charge in [-0.25, -0.2) is 4.79 Å². The number of methoxy groups -OCH3 is 1. The third kappa shape index (κ3) is 1.47. The number of aliphatic carboxylic acids is 1. The summed E-state index contributed by atoms with van der Waals surface area (Å²) in [5.74, 6) is 0.0728. The third-order valence-electron chi connectivity index (χ3n) is 3.81. The van der Waals surface area contributed by atoms with Gasteiger partial charge in [0.15, 0.2) is 0 Å². The van der Waals surface area contributed by atoms with Gasteiger partial charge in [-0.2, -0.15) is 0 Å². The zero-order chi connectivity index (χ0) is 12.0. The molecule has 1 saturated heterocycles. The van der Waals surface area contributed by atoms with Crippen molar-refractivity contribution in [3.8, 4) is 5.75 Å². The molecule has 2 heterocycles. The molecule has 4 nitrogen and oxygen atoms in total. The minimum Gasteiger partial charge on any atom is -0.497 e. The summed E-state index contributed by atoms with van der Waals surface area (Å²) in [6.45, 7) is 0. The smallest absolute Gasteiger partial charge is 0.326 e. The van der Waals surface area contributed by atoms with Crippen LogP contribution in [0, 0.1) is 0 Å². The van der Waals surface area contributed by atoms with E-state index >= 15 is 0 Å². The molecule has 3 rings (SSSR count). The van der Waals surface area contributed by atoms with E-state index in [2.05, 4.69) is 4.90 Å². The van der Waals surface area contributed by atoms with Crippen molar-refractivity contribution >= 4 is 11.7 Å². The summed E-state index contributed by atoms with van der Waals surface area (Å²) < 4.78 is 5.21. The Hall–Kier alpha value is -1.71. The molecule has 0 amide bonds. The zero-order valence-corrected chi connectivity index (χ0v) is 9.72. The molecular weight excluding hydrogens is 218 g/mol. The van der Waals surface area contributed by atoms with E-state index in [9.17, 15) is 9.90 Å². The highest BCUT2D eigenvalue weighted by atomic mass is 16.5. The molecule has 0 radical (unpaired) electrons. The number of hydrogen-bond acceptors (Lipinski definition) is 3. The van der Waals surface area contributed by atoms with E-state index in [0.29, 0.717) is 6.04 Å². The number of nitrogens with zero attached hydrogens (tertiary/aromatic N) is 1. The van der Waals surface area contributed by atoms with E-state index in [0.717, 1.165) is 30.7 Å². The van der Waals surface area contributed by atoms with Crippen LogP contribution in [0.1, 0.15) is 18.4 Å². The first-order valence-corrected chi connectivity index (χ1v) is 5.89. The van der Waals surface area contributed by atoms with Gasteiger partial charge < -0.3 is 14.7 Å². The summed E-state index contributed by atoms with van der Waals surface area (Å²) >= 11 is 0. The van der Waals surface area contributed by atoms with Gasteiger partial charge in [0.05, 0.1) is 7.11 Å². The van der Waals surface area contributed by atoms with Crippen LogP contribution >= 0.6 is 0 Å². The molecule has 1 aromatic carbocycles. The number of hydrogen-bond donors (Lipinski definition) is 1. The first-order chi connectivity index (χ1) is 8.20. The van der Waals surface area contributed by atoms with Crippen LogP contribution in [-0.4, -0.2) is 30.3 Å². The average Bonchev–Trinajstić information content (AvgIpc) is 2.86. The molecule has 0 aliphatic carbocycles. The van der Waals surface area contributed by atoms with Crippen LogP contribution in [0.2, 0.25) is 0 Å². The van der Waals surface area contributed by atoms with Gasteiger partial charge >= 0.3 is 5.97 Å². The lowest BCUT2D eigenvalue weighted by molar-refractivity contribution is -0.138. The summed E-state index contributed by atoms with van der Waals surface area (Å²) in [4.78, 5) is 13.3. The minimum absolute atomic E-state index is 0.359. The largest absolute Gasteiger partial charge is 0.497 e.